The van der Waals surface area contributed by atoms with Crippen LogP contribution < -0.4 is 5.32 Å². The summed E-state index contributed by atoms with van der Waals surface area (Å²) in [6.07, 6.45) is -2.90. The fraction of sp³-hybridized carbons (Fsp3) is 0.235. The van der Waals surface area contributed by atoms with E-state index in [2.05, 4.69) is 10.3 Å². The molecule has 1 aromatic carbocycles. The maximum atomic E-state index is 12.6. The first-order valence-electron chi connectivity index (χ1n) is 7.55. The topological polar surface area (TPSA) is 59.1 Å². The molecule has 1 N–H and O–H groups in total. The van der Waals surface area contributed by atoms with Crippen molar-refractivity contribution in [2.75, 3.05) is 11.1 Å². The number of carbonyl (C=O) groups excluding carboxylic acids is 2. The van der Waals surface area contributed by atoms with E-state index in [0.717, 1.165) is 23.4 Å². The number of ketones is 1. The number of Topliss-reactive ketones (excluding diaryl/α,β-unsaturated/α-hetero) is 1. The minimum Gasteiger partial charge on any atom is -0.326 e. The van der Waals surface area contributed by atoms with Crippen molar-refractivity contribution in [1.82, 2.24) is 4.98 Å². The van der Waals surface area contributed by atoms with Crippen LogP contribution in [0.5, 0.6) is 0 Å². The van der Waals surface area contributed by atoms with Crippen molar-refractivity contribution in [2.24, 2.45) is 0 Å². The van der Waals surface area contributed by atoms with E-state index in [9.17, 15) is 22.8 Å². The summed E-state index contributed by atoms with van der Waals surface area (Å²) in [6, 6.07) is 5.80. The van der Waals surface area contributed by atoms with Gasteiger partial charge in [-0.25, -0.2) is 4.98 Å². The molecular weight excluding hydrogens is 389 g/mol. The highest BCUT2D eigenvalue weighted by atomic mass is 35.5. The predicted molar refractivity (Wildman–Crippen MR) is 92.7 cm³/mol. The summed E-state index contributed by atoms with van der Waals surface area (Å²) in [4.78, 5) is 27.4. The summed E-state index contributed by atoms with van der Waals surface area (Å²) in [6.45, 7) is 0. The van der Waals surface area contributed by atoms with Crippen LogP contribution in [0.3, 0.4) is 0 Å². The van der Waals surface area contributed by atoms with Gasteiger partial charge in [0.15, 0.2) is 5.78 Å². The lowest BCUT2D eigenvalue weighted by Crippen LogP contribution is -2.19. The summed E-state index contributed by atoms with van der Waals surface area (Å²) in [5.41, 5.74) is 1.11. The van der Waals surface area contributed by atoms with Crippen LogP contribution in [-0.2, 0) is 17.4 Å². The standard InChI is InChI=1S/C17H12ClF3N2O2S/c18-12-6-11(17(19,20)21)7-22-16(12)26-8-14(24)10-1-3-13-9(5-10)2-4-15(25)23-13/h1,3,5-7H,2,4,8H2,(H,23,25). The van der Waals surface area contributed by atoms with Crippen molar-refractivity contribution in [3.05, 3.63) is 52.2 Å². The SMILES string of the molecule is O=C1CCc2cc(C(=O)CSc3ncc(C(F)(F)F)cc3Cl)ccc2N1. The molecule has 0 fully saturated rings. The summed E-state index contributed by atoms with van der Waals surface area (Å²) in [7, 11) is 0. The fourth-order valence-corrected chi connectivity index (χ4v) is 3.55. The van der Waals surface area contributed by atoms with Crippen LogP contribution in [0.2, 0.25) is 5.02 Å². The minimum absolute atomic E-state index is 0.0107. The Morgan fingerprint density at radius 3 is 2.73 bits per heavy atom. The molecule has 9 heteroatoms. The van der Waals surface area contributed by atoms with E-state index < -0.39 is 11.7 Å². The van der Waals surface area contributed by atoms with E-state index in [0.29, 0.717) is 30.3 Å². The number of fused-ring (bicyclic) bond motifs is 1. The molecule has 1 aromatic heterocycles. The maximum Gasteiger partial charge on any atom is 0.417 e. The first kappa shape index (κ1) is 18.7. The molecule has 26 heavy (non-hydrogen) atoms. The molecular formula is C17H12ClF3N2O2S. The second kappa shape index (κ2) is 7.28. The maximum absolute atomic E-state index is 12.6. The molecule has 1 aliphatic heterocycles. The fourth-order valence-electron chi connectivity index (χ4n) is 2.46. The van der Waals surface area contributed by atoms with E-state index in [1.165, 1.54) is 0 Å². The van der Waals surface area contributed by atoms with Crippen LogP contribution in [0.1, 0.15) is 27.9 Å². The van der Waals surface area contributed by atoms with Gasteiger partial charge in [0.25, 0.3) is 0 Å². The number of halogens is 4. The lowest BCUT2D eigenvalue weighted by atomic mass is 9.99. The zero-order valence-electron chi connectivity index (χ0n) is 13.2. The predicted octanol–water partition coefficient (Wildman–Crippen LogP) is 4.61. The van der Waals surface area contributed by atoms with Gasteiger partial charge in [-0.3, -0.25) is 9.59 Å². The number of hydrogen-bond acceptors (Lipinski definition) is 4. The summed E-state index contributed by atoms with van der Waals surface area (Å²) >= 11 is 6.82. The molecule has 3 rings (SSSR count). The second-order valence-electron chi connectivity index (χ2n) is 5.64. The van der Waals surface area contributed by atoms with Gasteiger partial charge in [0.05, 0.1) is 16.3 Å². The van der Waals surface area contributed by atoms with Gasteiger partial charge in [-0.05, 0) is 36.2 Å². The van der Waals surface area contributed by atoms with Crippen molar-refractivity contribution in [1.29, 1.82) is 0 Å². The molecule has 0 atom stereocenters. The normalized spacial score (nSPS) is 13.9. The number of hydrogen-bond donors (Lipinski definition) is 1. The third-order valence-corrected chi connectivity index (χ3v) is 5.20. The summed E-state index contributed by atoms with van der Waals surface area (Å²) in [5.74, 6) is -0.272. The Kier molecular flexibility index (Phi) is 5.24. The van der Waals surface area contributed by atoms with Gasteiger partial charge in [-0.15, -0.1) is 0 Å². The van der Waals surface area contributed by atoms with E-state index in [1.807, 2.05) is 0 Å². The summed E-state index contributed by atoms with van der Waals surface area (Å²) in [5, 5.41) is 2.75. The molecule has 0 saturated carbocycles. The Hall–Kier alpha value is -2.06. The zero-order chi connectivity index (χ0) is 18.9. The number of benzene rings is 1. The number of aryl methyl sites for hydroxylation is 1. The van der Waals surface area contributed by atoms with Crippen LogP contribution in [0.15, 0.2) is 35.5 Å². The largest absolute Gasteiger partial charge is 0.417 e. The van der Waals surface area contributed by atoms with Gasteiger partial charge >= 0.3 is 6.18 Å². The quantitative estimate of drug-likeness (QED) is 0.601. The van der Waals surface area contributed by atoms with Crippen molar-refractivity contribution >= 4 is 40.7 Å². The number of nitrogens with zero attached hydrogens (tertiary/aromatic N) is 1. The lowest BCUT2D eigenvalue weighted by Gasteiger charge is -2.17. The van der Waals surface area contributed by atoms with Gasteiger partial charge in [0.2, 0.25) is 5.91 Å². The van der Waals surface area contributed by atoms with Gasteiger partial charge < -0.3 is 5.32 Å². The van der Waals surface area contributed by atoms with Crippen molar-refractivity contribution < 1.29 is 22.8 Å². The molecule has 0 aliphatic carbocycles. The molecule has 0 unspecified atom stereocenters. The van der Waals surface area contributed by atoms with E-state index in [4.69, 9.17) is 11.6 Å². The van der Waals surface area contributed by atoms with Crippen LogP contribution >= 0.6 is 23.4 Å². The van der Waals surface area contributed by atoms with Crippen LogP contribution in [-0.4, -0.2) is 22.4 Å². The van der Waals surface area contributed by atoms with Crippen LogP contribution in [0, 0.1) is 0 Å². The average Bonchev–Trinajstić information content (AvgIpc) is 2.59. The number of carbonyl (C=O) groups is 2. The molecule has 4 nitrogen and oxygen atoms in total. The van der Waals surface area contributed by atoms with E-state index >= 15 is 0 Å². The highest BCUT2D eigenvalue weighted by Gasteiger charge is 2.31. The van der Waals surface area contributed by atoms with Gasteiger partial charge in [-0.1, -0.05) is 23.4 Å². The molecule has 1 aliphatic rings. The highest BCUT2D eigenvalue weighted by Crippen LogP contribution is 2.34. The molecule has 0 bridgehead atoms. The Morgan fingerprint density at radius 1 is 1.27 bits per heavy atom. The third kappa shape index (κ3) is 4.19. The second-order valence-corrected chi connectivity index (χ2v) is 7.01. The molecule has 0 radical (unpaired) electrons. The Morgan fingerprint density at radius 2 is 2.04 bits per heavy atom. The monoisotopic (exact) mass is 400 g/mol. The molecule has 136 valence electrons. The Labute approximate surface area is 156 Å². The number of anilines is 1. The van der Waals surface area contributed by atoms with Gasteiger partial charge in [0, 0.05) is 23.9 Å². The number of thioether (sulfide) groups is 1. The smallest absolute Gasteiger partial charge is 0.326 e. The van der Waals surface area contributed by atoms with Gasteiger partial charge in [-0.2, -0.15) is 13.2 Å². The van der Waals surface area contributed by atoms with E-state index in [1.54, 1.807) is 18.2 Å². The Bertz CT molecular complexity index is 887. The minimum atomic E-state index is -4.52. The third-order valence-electron chi connectivity index (χ3n) is 3.80. The van der Waals surface area contributed by atoms with E-state index in [-0.39, 0.29) is 27.5 Å². The average molecular weight is 401 g/mol. The number of nitrogens with one attached hydrogen (secondary N) is 1. The molecule has 2 heterocycles. The zero-order valence-corrected chi connectivity index (χ0v) is 14.8. The van der Waals surface area contributed by atoms with Crippen molar-refractivity contribution in [3.8, 4) is 0 Å². The molecule has 0 spiro atoms. The first-order chi connectivity index (χ1) is 12.2. The number of rotatable bonds is 4. The number of aromatic nitrogens is 1. The van der Waals surface area contributed by atoms with Crippen molar-refractivity contribution in [3.63, 3.8) is 0 Å². The Balaban J connectivity index is 1.69. The number of pyridine rings is 1. The summed E-state index contributed by atoms with van der Waals surface area (Å²) < 4.78 is 37.8. The lowest BCUT2D eigenvalue weighted by molar-refractivity contribution is -0.137. The molecule has 1 amide bonds. The molecule has 2 aromatic rings. The van der Waals surface area contributed by atoms with Crippen LogP contribution in [0.25, 0.3) is 0 Å². The van der Waals surface area contributed by atoms with Crippen molar-refractivity contribution in [2.45, 2.75) is 24.0 Å². The number of alkyl halides is 3. The van der Waals surface area contributed by atoms with Gasteiger partial charge in [0.1, 0.15) is 5.03 Å². The highest BCUT2D eigenvalue weighted by molar-refractivity contribution is 8.00. The first-order valence-corrected chi connectivity index (χ1v) is 8.92. The number of amides is 1. The molecule has 0 saturated heterocycles. The van der Waals surface area contributed by atoms with Crippen LogP contribution in [0.4, 0.5) is 18.9 Å².